The number of hydrogen-bond donors (Lipinski definition) is 0. The first kappa shape index (κ1) is 16.5. The van der Waals surface area contributed by atoms with Crippen LogP contribution in [0.5, 0.6) is 0 Å². The van der Waals surface area contributed by atoms with Crippen molar-refractivity contribution in [3.05, 3.63) is 58.9 Å². The lowest BCUT2D eigenvalue weighted by Gasteiger charge is -2.10. The Morgan fingerprint density at radius 3 is 2.35 bits per heavy atom. The molecule has 0 unspecified atom stereocenters. The molecule has 23 heavy (non-hydrogen) atoms. The highest BCUT2D eigenvalue weighted by molar-refractivity contribution is 6.01. The number of esters is 1. The number of carbonyl (C=O) groups is 3. The highest BCUT2D eigenvalue weighted by atomic mass is 16.6. The summed E-state index contributed by atoms with van der Waals surface area (Å²) in [6.45, 7) is 3.00. The standard InChI is InChI=1S/C17H17NO5/c1-11-14(12(2)19)9-15(16(20)22-3)18(11)17(21)23-10-13-7-5-4-6-8-13/h4-9H,10H2,1-3H3. The lowest BCUT2D eigenvalue weighted by molar-refractivity contribution is 0.0584. The van der Waals surface area contributed by atoms with E-state index in [9.17, 15) is 14.4 Å². The highest BCUT2D eigenvalue weighted by Crippen LogP contribution is 2.18. The zero-order chi connectivity index (χ0) is 17.0. The van der Waals surface area contributed by atoms with Gasteiger partial charge < -0.3 is 9.47 Å². The molecule has 0 radical (unpaired) electrons. The number of carbonyl (C=O) groups excluding carboxylic acids is 3. The lowest BCUT2D eigenvalue weighted by Crippen LogP contribution is -2.21. The summed E-state index contributed by atoms with van der Waals surface area (Å²) in [5.74, 6) is -0.959. The van der Waals surface area contributed by atoms with Crippen molar-refractivity contribution in [1.29, 1.82) is 0 Å². The zero-order valence-corrected chi connectivity index (χ0v) is 13.2. The van der Waals surface area contributed by atoms with Gasteiger partial charge in [-0.25, -0.2) is 14.2 Å². The molecule has 1 aromatic carbocycles. The van der Waals surface area contributed by atoms with E-state index in [1.165, 1.54) is 20.1 Å². The van der Waals surface area contributed by atoms with Gasteiger partial charge in [0.15, 0.2) is 5.78 Å². The van der Waals surface area contributed by atoms with Crippen LogP contribution in [-0.4, -0.2) is 29.5 Å². The van der Waals surface area contributed by atoms with E-state index in [2.05, 4.69) is 4.74 Å². The molecule has 2 aromatic rings. The third kappa shape index (κ3) is 3.48. The summed E-state index contributed by atoms with van der Waals surface area (Å²) in [4.78, 5) is 35.8. The molecule has 0 atom stereocenters. The van der Waals surface area contributed by atoms with Crippen LogP contribution in [-0.2, 0) is 16.1 Å². The molecule has 0 bridgehead atoms. The molecule has 6 heteroatoms. The molecule has 0 aliphatic carbocycles. The van der Waals surface area contributed by atoms with Gasteiger partial charge in [0.25, 0.3) is 0 Å². The SMILES string of the molecule is COC(=O)c1cc(C(C)=O)c(C)n1C(=O)OCc1ccccc1. The summed E-state index contributed by atoms with van der Waals surface area (Å²) >= 11 is 0. The van der Waals surface area contributed by atoms with E-state index in [4.69, 9.17) is 4.74 Å². The molecule has 1 heterocycles. The number of rotatable bonds is 4. The molecule has 0 amide bonds. The molecule has 0 saturated carbocycles. The molecule has 120 valence electrons. The second-order valence-corrected chi connectivity index (χ2v) is 4.95. The van der Waals surface area contributed by atoms with Crippen LogP contribution in [0, 0.1) is 6.92 Å². The average molecular weight is 315 g/mol. The van der Waals surface area contributed by atoms with Crippen LogP contribution in [0.1, 0.15) is 39.0 Å². The first-order valence-corrected chi connectivity index (χ1v) is 6.98. The van der Waals surface area contributed by atoms with Crippen LogP contribution >= 0.6 is 0 Å². The van der Waals surface area contributed by atoms with Crippen LogP contribution in [0.3, 0.4) is 0 Å². The Balaban J connectivity index is 2.31. The summed E-state index contributed by atoms with van der Waals surface area (Å²) in [6.07, 6.45) is -0.737. The van der Waals surface area contributed by atoms with Crippen molar-refractivity contribution >= 4 is 17.8 Å². The molecule has 6 nitrogen and oxygen atoms in total. The quantitative estimate of drug-likeness (QED) is 0.640. The van der Waals surface area contributed by atoms with Gasteiger partial charge in [-0.3, -0.25) is 4.79 Å². The van der Waals surface area contributed by atoms with Gasteiger partial charge in [0.05, 0.1) is 7.11 Å². The Morgan fingerprint density at radius 1 is 1.13 bits per heavy atom. The van der Waals surface area contributed by atoms with Crippen molar-refractivity contribution in [3.63, 3.8) is 0 Å². The van der Waals surface area contributed by atoms with E-state index < -0.39 is 12.1 Å². The number of Topliss-reactive ketones (excluding diaryl/α,β-unsaturated/α-hetero) is 1. The van der Waals surface area contributed by atoms with Crippen LogP contribution in [0.25, 0.3) is 0 Å². The lowest BCUT2D eigenvalue weighted by atomic mass is 10.2. The van der Waals surface area contributed by atoms with Crippen LogP contribution in [0.15, 0.2) is 36.4 Å². The third-order valence-corrected chi connectivity index (χ3v) is 3.41. The Labute approximate surface area is 133 Å². The molecular weight excluding hydrogens is 298 g/mol. The molecule has 0 spiro atoms. The van der Waals surface area contributed by atoms with Gasteiger partial charge in [0.2, 0.25) is 0 Å². The molecule has 0 aliphatic heterocycles. The molecule has 0 saturated heterocycles. The maximum Gasteiger partial charge on any atom is 0.419 e. The molecule has 2 rings (SSSR count). The predicted molar refractivity (Wildman–Crippen MR) is 82.5 cm³/mol. The largest absolute Gasteiger partial charge is 0.464 e. The van der Waals surface area contributed by atoms with E-state index in [0.717, 1.165) is 10.1 Å². The van der Waals surface area contributed by atoms with E-state index in [1.807, 2.05) is 30.3 Å². The highest BCUT2D eigenvalue weighted by Gasteiger charge is 2.25. The molecule has 1 aromatic heterocycles. The van der Waals surface area contributed by atoms with Crippen molar-refractivity contribution in [2.75, 3.05) is 7.11 Å². The molecule has 0 aliphatic rings. The summed E-state index contributed by atoms with van der Waals surface area (Å²) in [5.41, 5.74) is 1.41. The normalized spacial score (nSPS) is 10.2. The minimum Gasteiger partial charge on any atom is -0.464 e. The van der Waals surface area contributed by atoms with Crippen LogP contribution < -0.4 is 0 Å². The van der Waals surface area contributed by atoms with E-state index >= 15 is 0 Å². The Morgan fingerprint density at radius 2 is 1.78 bits per heavy atom. The van der Waals surface area contributed by atoms with Gasteiger partial charge in [-0.15, -0.1) is 0 Å². The summed E-state index contributed by atoms with van der Waals surface area (Å²) < 4.78 is 10.9. The van der Waals surface area contributed by atoms with Gasteiger partial charge in [-0.05, 0) is 25.5 Å². The fourth-order valence-corrected chi connectivity index (χ4v) is 2.24. The van der Waals surface area contributed by atoms with Crippen molar-refractivity contribution < 1.29 is 23.9 Å². The fourth-order valence-electron chi connectivity index (χ4n) is 2.24. The second kappa shape index (κ2) is 6.91. The number of ether oxygens (including phenoxy) is 2. The fraction of sp³-hybridized carbons (Fsp3) is 0.235. The van der Waals surface area contributed by atoms with Crippen molar-refractivity contribution in [3.8, 4) is 0 Å². The number of aromatic nitrogens is 1. The third-order valence-electron chi connectivity index (χ3n) is 3.41. The monoisotopic (exact) mass is 315 g/mol. The zero-order valence-electron chi connectivity index (χ0n) is 13.2. The van der Waals surface area contributed by atoms with Gasteiger partial charge in [0.1, 0.15) is 12.3 Å². The summed E-state index contributed by atoms with van der Waals surface area (Å²) in [5, 5.41) is 0. The Kier molecular flexibility index (Phi) is 4.95. The number of ketones is 1. The van der Waals surface area contributed by atoms with Gasteiger partial charge in [0, 0.05) is 11.3 Å². The van der Waals surface area contributed by atoms with Crippen molar-refractivity contribution in [2.45, 2.75) is 20.5 Å². The second-order valence-electron chi connectivity index (χ2n) is 4.95. The molecule has 0 N–H and O–H groups in total. The van der Waals surface area contributed by atoms with Gasteiger partial charge in [-0.2, -0.15) is 0 Å². The number of methoxy groups -OCH3 is 1. The van der Waals surface area contributed by atoms with E-state index in [0.29, 0.717) is 5.69 Å². The number of hydrogen-bond acceptors (Lipinski definition) is 5. The van der Waals surface area contributed by atoms with Gasteiger partial charge in [-0.1, -0.05) is 30.3 Å². The smallest absolute Gasteiger partial charge is 0.419 e. The minimum absolute atomic E-state index is 0.0340. The van der Waals surface area contributed by atoms with Gasteiger partial charge >= 0.3 is 12.1 Å². The predicted octanol–water partition coefficient (Wildman–Crippen LogP) is 2.97. The summed E-state index contributed by atoms with van der Waals surface area (Å²) in [7, 11) is 1.21. The minimum atomic E-state index is -0.737. The number of nitrogens with zero attached hydrogens (tertiary/aromatic N) is 1. The first-order valence-electron chi connectivity index (χ1n) is 6.98. The number of benzene rings is 1. The molecule has 0 fully saturated rings. The first-order chi connectivity index (χ1) is 11.0. The topological polar surface area (TPSA) is 74.6 Å². The Hall–Kier alpha value is -2.89. The van der Waals surface area contributed by atoms with Crippen molar-refractivity contribution in [2.24, 2.45) is 0 Å². The molecular formula is C17H17NO5. The van der Waals surface area contributed by atoms with E-state index in [1.54, 1.807) is 6.92 Å². The van der Waals surface area contributed by atoms with Crippen LogP contribution in [0.4, 0.5) is 4.79 Å². The average Bonchev–Trinajstić information content (AvgIpc) is 2.90. The van der Waals surface area contributed by atoms with Crippen LogP contribution in [0.2, 0.25) is 0 Å². The Bertz CT molecular complexity index is 746. The van der Waals surface area contributed by atoms with E-state index in [-0.39, 0.29) is 23.6 Å². The van der Waals surface area contributed by atoms with Crippen molar-refractivity contribution in [1.82, 2.24) is 4.57 Å². The summed E-state index contributed by atoms with van der Waals surface area (Å²) in [6, 6.07) is 10.5. The maximum absolute atomic E-state index is 12.3. The maximum atomic E-state index is 12.3.